The molecule has 0 radical (unpaired) electrons. The minimum absolute atomic E-state index is 0.0138. The third kappa shape index (κ3) is 4.21. The number of carbonyl (C=O) groups is 2. The van der Waals surface area contributed by atoms with Crippen molar-refractivity contribution in [2.24, 2.45) is 5.92 Å². The van der Waals surface area contributed by atoms with Gasteiger partial charge in [-0.3, -0.25) is 14.6 Å². The summed E-state index contributed by atoms with van der Waals surface area (Å²) >= 11 is 0. The maximum Gasteiger partial charge on any atom is 0.328 e. The summed E-state index contributed by atoms with van der Waals surface area (Å²) in [5, 5.41) is 8.90. The number of likely N-dealkylation sites (tertiary alicyclic amines) is 1. The van der Waals surface area contributed by atoms with Crippen LogP contribution in [0.3, 0.4) is 0 Å². The number of nitrogens with one attached hydrogen (secondary N) is 1. The van der Waals surface area contributed by atoms with E-state index in [1.54, 1.807) is 17.2 Å². The molecule has 0 spiro atoms. The summed E-state index contributed by atoms with van der Waals surface area (Å²) in [6.07, 6.45) is 2.32. The molecule has 3 heterocycles. The van der Waals surface area contributed by atoms with Gasteiger partial charge >= 0.3 is 6.03 Å². The van der Waals surface area contributed by atoms with Crippen LogP contribution >= 0.6 is 0 Å². The number of amides is 2. The summed E-state index contributed by atoms with van der Waals surface area (Å²) in [5.41, 5.74) is 2.70. The predicted octanol–water partition coefficient (Wildman–Crippen LogP) is -0.113. The third-order valence-electron chi connectivity index (χ3n) is 5.44. The van der Waals surface area contributed by atoms with Crippen molar-refractivity contribution < 1.29 is 26.0 Å². The third-order valence-corrected chi connectivity index (χ3v) is 7.47. The molecule has 160 valence electrons. The number of carbonyl (C=O) groups excluding carboxylic acids is 2. The lowest BCUT2D eigenvalue weighted by molar-refractivity contribution is -0.131. The number of sulfone groups is 1. The fourth-order valence-corrected chi connectivity index (χ4v) is 4.09. The molecule has 3 rings (SSSR count). The fourth-order valence-electron chi connectivity index (χ4n) is 3.25. The molecule has 1 aromatic rings. The van der Waals surface area contributed by atoms with Gasteiger partial charge in [0.05, 0.1) is 6.54 Å². The Labute approximate surface area is 178 Å². The fraction of sp³-hybridized carbons (Fsp3) is 0.500. The lowest BCUT2D eigenvalue weighted by atomic mass is 10.0. The average Bonchev–Trinajstić information content (AvgIpc) is 3.21. The van der Waals surface area contributed by atoms with Crippen molar-refractivity contribution in [1.29, 1.82) is 0 Å². The Hall–Kier alpha value is -2.79. The molecule has 10 heteroatoms. The minimum atomic E-state index is -3.84. The van der Waals surface area contributed by atoms with Gasteiger partial charge in [0, 0.05) is 52.0 Å². The maximum atomic E-state index is 12.6. The number of rotatable bonds is 5. The highest BCUT2D eigenvalue weighted by Gasteiger charge is 2.44. The zero-order valence-electron chi connectivity index (χ0n) is 18.7. The van der Waals surface area contributed by atoms with Crippen LogP contribution in [0.4, 0.5) is 4.79 Å². The molecule has 0 aromatic carbocycles. The predicted molar refractivity (Wildman–Crippen MR) is 109 cm³/mol. The molecule has 1 saturated heterocycles. The summed E-state index contributed by atoms with van der Waals surface area (Å²) in [7, 11) is -3.84. The highest BCUT2D eigenvalue weighted by atomic mass is 32.2. The maximum absolute atomic E-state index is 12.6. The topological polar surface area (TPSA) is 112 Å². The van der Waals surface area contributed by atoms with Crippen LogP contribution in [0.25, 0.3) is 0 Å². The van der Waals surface area contributed by atoms with E-state index in [0.717, 1.165) is 6.26 Å². The van der Waals surface area contributed by atoms with E-state index in [1.165, 1.54) is 21.9 Å². The van der Waals surface area contributed by atoms with Crippen molar-refractivity contribution in [2.45, 2.75) is 24.6 Å². The van der Waals surface area contributed by atoms with Gasteiger partial charge < -0.3 is 9.80 Å². The average molecular weight is 435 g/mol. The first-order valence-electron chi connectivity index (χ1n) is 10.4. The second kappa shape index (κ2) is 8.15. The number of fused-ring (bicyclic) bond motifs is 1. The monoisotopic (exact) mass is 434 g/mol. The van der Waals surface area contributed by atoms with Crippen LogP contribution < -0.4 is 5.48 Å². The van der Waals surface area contributed by atoms with Crippen LogP contribution in [0.15, 0.2) is 12.3 Å². The lowest BCUT2D eigenvalue weighted by Gasteiger charge is -2.32. The van der Waals surface area contributed by atoms with Gasteiger partial charge in [-0.15, -0.1) is 0 Å². The second-order valence-electron chi connectivity index (χ2n) is 7.66. The molecule has 0 bridgehead atoms. The van der Waals surface area contributed by atoms with E-state index in [1.807, 2.05) is 0 Å². The Morgan fingerprint density at radius 2 is 2.17 bits per heavy atom. The van der Waals surface area contributed by atoms with E-state index < -0.39 is 27.5 Å². The van der Waals surface area contributed by atoms with Crippen LogP contribution in [0.2, 0.25) is 0 Å². The van der Waals surface area contributed by atoms with Crippen molar-refractivity contribution in [3.8, 4) is 23.7 Å². The molecule has 2 amide bonds. The highest BCUT2D eigenvalue weighted by Crippen LogP contribution is 2.25. The van der Waals surface area contributed by atoms with Gasteiger partial charge in [0.2, 0.25) is 0 Å². The molecule has 0 aliphatic carbocycles. The molecule has 1 aromatic heterocycles. The van der Waals surface area contributed by atoms with Gasteiger partial charge in [0.1, 0.15) is 0 Å². The zero-order valence-corrected chi connectivity index (χ0v) is 17.5. The van der Waals surface area contributed by atoms with Gasteiger partial charge in [-0.2, -0.15) is 0 Å². The lowest BCUT2D eigenvalue weighted by Crippen LogP contribution is -2.50. The number of hydroxylamine groups is 1. The minimum Gasteiger partial charge on any atom is -0.318 e. The molecule has 0 saturated carbocycles. The largest absolute Gasteiger partial charge is 0.328 e. The molecule has 1 atom stereocenters. The Bertz CT molecular complexity index is 1150. The van der Waals surface area contributed by atoms with E-state index in [9.17, 15) is 18.0 Å². The Morgan fingerprint density at radius 1 is 1.43 bits per heavy atom. The van der Waals surface area contributed by atoms with Crippen molar-refractivity contribution >= 4 is 21.8 Å². The molecular formula is C20H24N4O5S. The van der Waals surface area contributed by atoms with Crippen molar-refractivity contribution in [3.63, 3.8) is 0 Å². The zero-order chi connectivity index (χ0) is 23.7. The van der Waals surface area contributed by atoms with Crippen molar-refractivity contribution in [3.05, 3.63) is 23.5 Å². The van der Waals surface area contributed by atoms with Crippen LogP contribution in [-0.4, -0.2) is 77.6 Å². The molecule has 30 heavy (non-hydrogen) atoms. The first-order valence-corrected chi connectivity index (χ1v) is 11.1. The first kappa shape index (κ1) is 19.2. The van der Waals surface area contributed by atoms with Crippen molar-refractivity contribution in [1.82, 2.24) is 19.8 Å². The van der Waals surface area contributed by atoms with E-state index in [0.29, 0.717) is 24.3 Å². The summed E-state index contributed by atoms with van der Waals surface area (Å²) in [6, 6.07) is 1.40. The van der Waals surface area contributed by atoms with Crippen LogP contribution in [-0.2, 0) is 21.2 Å². The summed E-state index contributed by atoms with van der Waals surface area (Å²) in [4.78, 5) is 27.7. The quantitative estimate of drug-likeness (QED) is 0.380. The number of aromatic nitrogens is 1. The van der Waals surface area contributed by atoms with Gasteiger partial charge in [-0.25, -0.2) is 18.7 Å². The molecule has 0 unspecified atom stereocenters. The summed E-state index contributed by atoms with van der Waals surface area (Å²) in [5.74, 6) is 10.4. The Balaban J connectivity index is 1.60. The van der Waals surface area contributed by atoms with E-state index in [4.69, 9.17) is 7.95 Å². The molecule has 2 N–H and O–H groups in total. The van der Waals surface area contributed by atoms with E-state index in [-0.39, 0.29) is 31.5 Å². The van der Waals surface area contributed by atoms with Gasteiger partial charge in [-0.05, 0) is 38.3 Å². The van der Waals surface area contributed by atoms with Crippen LogP contribution in [0, 0.1) is 29.6 Å². The summed E-state index contributed by atoms with van der Waals surface area (Å²) < 4.78 is 38.2. The van der Waals surface area contributed by atoms with Gasteiger partial charge in [0.15, 0.2) is 14.6 Å². The Morgan fingerprint density at radius 3 is 2.77 bits per heavy atom. The van der Waals surface area contributed by atoms with E-state index >= 15 is 0 Å². The van der Waals surface area contributed by atoms with Gasteiger partial charge in [0.25, 0.3) is 5.91 Å². The van der Waals surface area contributed by atoms with Crippen LogP contribution in [0.5, 0.6) is 0 Å². The summed E-state index contributed by atoms with van der Waals surface area (Å²) in [6.45, 7) is 1.69. The number of nitrogens with zero attached hydrogens (tertiary/aromatic N) is 3. The second-order valence-corrected chi connectivity index (χ2v) is 10.1. The normalized spacial score (nSPS) is 19.5. The molecular weight excluding hydrogens is 408 g/mol. The first-order chi connectivity index (χ1) is 15.0. The molecule has 2 aliphatic heterocycles. The van der Waals surface area contributed by atoms with Crippen molar-refractivity contribution in [2.75, 3.05) is 32.9 Å². The Kier molecular flexibility index (Phi) is 5.21. The SMILES string of the molecule is [2H]C([2H])N1CC(C#CC#Cc2cc3n(c2)C(=O)N(CC[C@](C)(C(=O)NO)S(C)(=O)=O)C3)C1. The van der Waals surface area contributed by atoms with Crippen LogP contribution in [0.1, 0.15) is 27.3 Å². The van der Waals surface area contributed by atoms with E-state index in [2.05, 4.69) is 23.7 Å². The van der Waals surface area contributed by atoms with Gasteiger partial charge in [-0.1, -0.05) is 11.8 Å². The smallest absolute Gasteiger partial charge is 0.318 e. The standard InChI is InChI=1S/C20H24N4O5S/c1-20(18(25)21-27,30(3,28)29)8-9-23-14-17-10-15(13-24(17)19(23)26)6-4-5-7-16-11-22(2)12-16/h10,13,16,27H,8-9,11-12,14H2,1-3H3,(H,21,25)/t20-/m1/s1/i2D2. The molecule has 2 aliphatic rings. The number of hydrogen-bond acceptors (Lipinski definition) is 6. The highest BCUT2D eigenvalue weighted by molar-refractivity contribution is 7.92. The molecule has 9 nitrogen and oxygen atoms in total. The number of hydrogen-bond donors (Lipinski definition) is 2. The molecule has 1 fully saturated rings.